The zero-order valence-electron chi connectivity index (χ0n) is 10.8. The summed E-state index contributed by atoms with van der Waals surface area (Å²) in [6, 6.07) is -0.204. The molecule has 0 unspecified atom stereocenters. The van der Waals surface area contributed by atoms with Gasteiger partial charge in [0, 0.05) is 26.8 Å². The number of rotatable bonds is 6. The van der Waals surface area contributed by atoms with Crippen LogP contribution >= 0.6 is 0 Å². The quantitative estimate of drug-likeness (QED) is 0.587. The zero-order chi connectivity index (χ0) is 12.9. The van der Waals surface area contributed by atoms with E-state index >= 15 is 0 Å². The van der Waals surface area contributed by atoms with Crippen LogP contribution in [0.4, 0.5) is 0 Å². The molecule has 0 bridgehead atoms. The lowest BCUT2D eigenvalue weighted by atomic mass is 9.79. The second-order valence-corrected chi connectivity index (χ2v) is 5.01. The Bertz CT molecular complexity index is 223. The van der Waals surface area contributed by atoms with E-state index in [1.807, 2.05) is 11.8 Å². The molecule has 0 spiro atoms. The second kappa shape index (κ2) is 6.66. The number of methoxy groups -OCH3 is 1. The monoisotopic (exact) mass is 247 g/mol. The fourth-order valence-corrected chi connectivity index (χ4v) is 2.47. The number of aliphatic hydroxyl groups excluding tert-OH is 2. The van der Waals surface area contributed by atoms with Crippen molar-refractivity contribution in [1.29, 1.82) is 0 Å². The Labute approximate surface area is 103 Å². The van der Waals surface area contributed by atoms with Crippen molar-refractivity contribution in [2.24, 2.45) is 5.92 Å². The molecule has 0 aromatic rings. The number of aliphatic hydroxyl groups is 3. The Kier molecular flexibility index (Phi) is 5.82. The predicted octanol–water partition coefficient (Wildman–Crippen LogP) is -0.551. The molecule has 0 aromatic heterocycles. The van der Waals surface area contributed by atoms with E-state index in [0.29, 0.717) is 32.5 Å². The maximum Gasteiger partial charge on any atom is 0.0719 e. The molecule has 5 nitrogen and oxygen atoms in total. The number of piperidine rings is 1. The van der Waals surface area contributed by atoms with Crippen LogP contribution in [0.15, 0.2) is 0 Å². The molecule has 5 heteroatoms. The van der Waals surface area contributed by atoms with Crippen LogP contribution in [0.25, 0.3) is 0 Å². The standard InChI is InChI=1S/C12H25NO4/c1-10-7-13(11(8-14)9-15)5-3-12(10,16)4-6-17-2/h10-11,14-16H,3-9H2,1-2H3/t10-,12-/m1/s1. The fraction of sp³-hybridized carbons (Fsp3) is 1.00. The van der Waals surface area contributed by atoms with Gasteiger partial charge in [-0.1, -0.05) is 6.92 Å². The van der Waals surface area contributed by atoms with E-state index in [1.54, 1.807) is 7.11 Å². The molecule has 1 rings (SSSR count). The van der Waals surface area contributed by atoms with Crippen LogP contribution < -0.4 is 0 Å². The summed E-state index contributed by atoms with van der Waals surface area (Å²) in [7, 11) is 1.64. The number of hydrogen-bond donors (Lipinski definition) is 3. The Morgan fingerprint density at radius 1 is 1.41 bits per heavy atom. The summed E-state index contributed by atoms with van der Waals surface area (Å²) in [5, 5.41) is 28.8. The number of likely N-dealkylation sites (tertiary alicyclic amines) is 1. The highest BCUT2D eigenvalue weighted by atomic mass is 16.5. The summed E-state index contributed by atoms with van der Waals surface area (Å²) in [4.78, 5) is 2.05. The van der Waals surface area contributed by atoms with E-state index in [2.05, 4.69) is 0 Å². The van der Waals surface area contributed by atoms with Gasteiger partial charge in [-0.3, -0.25) is 4.90 Å². The van der Waals surface area contributed by atoms with Crippen LogP contribution in [0.1, 0.15) is 19.8 Å². The zero-order valence-corrected chi connectivity index (χ0v) is 10.8. The minimum absolute atomic E-state index is 0.0419. The highest BCUT2D eigenvalue weighted by Gasteiger charge is 2.39. The molecule has 17 heavy (non-hydrogen) atoms. The van der Waals surface area contributed by atoms with Gasteiger partial charge >= 0.3 is 0 Å². The normalized spacial score (nSPS) is 31.1. The first-order valence-electron chi connectivity index (χ1n) is 6.24. The Balaban J connectivity index is 2.53. The summed E-state index contributed by atoms with van der Waals surface area (Å²) in [5.74, 6) is 0.118. The summed E-state index contributed by atoms with van der Waals surface area (Å²) in [6.45, 7) is 3.89. The molecule has 1 aliphatic heterocycles. The van der Waals surface area contributed by atoms with E-state index in [1.165, 1.54) is 0 Å². The van der Waals surface area contributed by atoms with Gasteiger partial charge in [0.05, 0.1) is 24.9 Å². The first-order valence-corrected chi connectivity index (χ1v) is 6.24. The van der Waals surface area contributed by atoms with Crippen LogP contribution in [-0.4, -0.2) is 71.9 Å². The molecule has 0 amide bonds. The van der Waals surface area contributed by atoms with Crippen LogP contribution in [0.2, 0.25) is 0 Å². The predicted molar refractivity (Wildman–Crippen MR) is 64.8 cm³/mol. The molecular weight excluding hydrogens is 222 g/mol. The third-order valence-corrected chi connectivity index (χ3v) is 3.93. The molecule has 1 fully saturated rings. The summed E-state index contributed by atoms with van der Waals surface area (Å²) in [5.41, 5.74) is -0.679. The van der Waals surface area contributed by atoms with Crippen molar-refractivity contribution >= 4 is 0 Å². The van der Waals surface area contributed by atoms with Gasteiger partial charge in [-0.25, -0.2) is 0 Å². The van der Waals surface area contributed by atoms with Crippen molar-refractivity contribution < 1.29 is 20.1 Å². The minimum atomic E-state index is -0.679. The van der Waals surface area contributed by atoms with Crippen LogP contribution in [0.5, 0.6) is 0 Å². The fourth-order valence-electron chi connectivity index (χ4n) is 2.47. The Morgan fingerprint density at radius 3 is 2.53 bits per heavy atom. The molecule has 0 saturated carbocycles. The van der Waals surface area contributed by atoms with Gasteiger partial charge in [-0.05, 0) is 18.8 Å². The SMILES string of the molecule is COCC[C@]1(O)CCN(C(CO)CO)C[C@H]1C. The lowest BCUT2D eigenvalue weighted by molar-refractivity contribution is -0.0955. The molecule has 0 aromatic carbocycles. The van der Waals surface area contributed by atoms with Gasteiger partial charge in [-0.2, -0.15) is 0 Å². The maximum absolute atomic E-state index is 10.5. The van der Waals surface area contributed by atoms with Gasteiger partial charge in [0.15, 0.2) is 0 Å². The first-order chi connectivity index (χ1) is 8.07. The molecule has 1 aliphatic rings. The average Bonchev–Trinajstić information content (AvgIpc) is 2.33. The van der Waals surface area contributed by atoms with Gasteiger partial charge in [-0.15, -0.1) is 0 Å². The lowest BCUT2D eigenvalue weighted by Gasteiger charge is -2.45. The smallest absolute Gasteiger partial charge is 0.0719 e. The highest BCUT2D eigenvalue weighted by Crippen LogP contribution is 2.31. The molecule has 1 saturated heterocycles. The van der Waals surface area contributed by atoms with E-state index in [0.717, 1.165) is 0 Å². The topological polar surface area (TPSA) is 73.2 Å². The van der Waals surface area contributed by atoms with Crippen molar-refractivity contribution in [3.63, 3.8) is 0 Å². The summed E-state index contributed by atoms with van der Waals surface area (Å²) >= 11 is 0. The molecule has 1 heterocycles. The average molecular weight is 247 g/mol. The van der Waals surface area contributed by atoms with E-state index < -0.39 is 5.60 Å². The first kappa shape index (κ1) is 14.9. The van der Waals surface area contributed by atoms with Crippen molar-refractivity contribution in [1.82, 2.24) is 4.90 Å². The maximum atomic E-state index is 10.5. The summed E-state index contributed by atoms with van der Waals surface area (Å²) in [6.07, 6.45) is 1.30. The number of ether oxygens (including phenoxy) is 1. The van der Waals surface area contributed by atoms with Crippen molar-refractivity contribution in [2.75, 3.05) is 40.0 Å². The second-order valence-electron chi connectivity index (χ2n) is 5.01. The van der Waals surface area contributed by atoms with E-state index in [9.17, 15) is 5.11 Å². The van der Waals surface area contributed by atoms with Gasteiger partial charge in [0.2, 0.25) is 0 Å². The lowest BCUT2D eigenvalue weighted by Crippen LogP contribution is -2.55. The van der Waals surface area contributed by atoms with Gasteiger partial charge in [0.1, 0.15) is 0 Å². The van der Waals surface area contributed by atoms with Gasteiger partial charge < -0.3 is 20.1 Å². The third-order valence-electron chi connectivity index (χ3n) is 3.93. The van der Waals surface area contributed by atoms with E-state index in [4.69, 9.17) is 14.9 Å². The molecule has 0 aliphatic carbocycles. The van der Waals surface area contributed by atoms with Crippen LogP contribution in [-0.2, 0) is 4.74 Å². The number of nitrogens with zero attached hydrogens (tertiary/aromatic N) is 1. The van der Waals surface area contributed by atoms with Crippen LogP contribution in [0.3, 0.4) is 0 Å². The Morgan fingerprint density at radius 2 is 2.06 bits per heavy atom. The van der Waals surface area contributed by atoms with Crippen molar-refractivity contribution in [2.45, 2.75) is 31.4 Å². The highest BCUT2D eigenvalue weighted by molar-refractivity contribution is 4.92. The molecule has 2 atom stereocenters. The molecule has 3 N–H and O–H groups in total. The molecular formula is C12H25NO4. The molecule has 0 radical (unpaired) electrons. The largest absolute Gasteiger partial charge is 0.395 e. The van der Waals surface area contributed by atoms with Crippen LogP contribution in [0, 0.1) is 5.92 Å². The number of hydrogen-bond acceptors (Lipinski definition) is 5. The van der Waals surface area contributed by atoms with Gasteiger partial charge in [0.25, 0.3) is 0 Å². The van der Waals surface area contributed by atoms with Crippen molar-refractivity contribution in [3.05, 3.63) is 0 Å². The van der Waals surface area contributed by atoms with Crippen molar-refractivity contribution in [3.8, 4) is 0 Å². The molecule has 102 valence electrons. The summed E-state index contributed by atoms with van der Waals surface area (Å²) < 4.78 is 5.02. The Hall–Kier alpha value is -0.200. The third kappa shape index (κ3) is 3.63. The minimum Gasteiger partial charge on any atom is -0.395 e. The van der Waals surface area contributed by atoms with E-state index in [-0.39, 0.29) is 25.2 Å².